The Kier molecular flexibility index (Phi) is 4.85. The van der Waals surface area contributed by atoms with Crippen LogP contribution in [0.15, 0.2) is 18.2 Å². The van der Waals surface area contributed by atoms with Crippen molar-refractivity contribution >= 4 is 0 Å². The smallest absolute Gasteiger partial charge is 0.419 e. The molecule has 1 atom stereocenters. The molecule has 108 valence electrons. The fraction of sp³-hybridized carbons (Fsp3) is 0.571. The molecule has 0 fully saturated rings. The number of hydrogen-bond donors (Lipinski definition) is 1. The molecule has 1 N–H and O–H groups in total. The van der Waals surface area contributed by atoms with Crippen LogP contribution in [0.25, 0.3) is 0 Å². The van der Waals surface area contributed by atoms with Gasteiger partial charge in [-0.05, 0) is 37.6 Å². The number of hydrogen-bond acceptors (Lipinski definition) is 2. The van der Waals surface area contributed by atoms with E-state index in [2.05, 4.69) is 13.8 Å². The molecule has 1 aromatic carbocycles. The quantitative estimate of drug-likeness (QED) is 0.901. The lowest BCUT2D eigenvalue weighted by Crippen LogP contribution is -2.32. The summed E-state index contributed by atoms with van der Waals surface area (Å²) in [4.78, 5) is 2.00. The Bertz CT molecular complexity index is 429. The largest absolute Gasteiger partial charge is 0.507 e. The highest BCUT2D eigenvalue weighted by Crippen LogP contribution is 2.36. The van der Waals surface area contributed by atoms with Gasteiger partial charge in [0.05, 0.1) is 5.56 Å². The van der Waals surface area contributed by atoms with E-state index in [0.717, 1.165) is 12.1 Å². The van der Waals surface area contributed by atoms with Gasteiger partial charge in [0.15, 0.2) is 0 Å². The molecule has 0 bridgehead atoms. The summed E-state index contributed by atoms with van der Waals surface area (Å²) >= 11 is 0. The predicted octanol–water partition coefficient (Wildman–Crippen LogP) is 3.89. The zero-order valence-corrected chi connectivity index (χ0v) is 11.6. The Morgan fingerprint density at radius 3 is 2.26 bits per heavy atom. The van der Waals surface area contributed by atoms with Crippen molar-refractivity contribution < 1.29 is 18.3 Å². The molecule has 0 amide bonds. The van der Waals surface area contributed by atoms with Crippen molar-refractivity contribution in [2.24, 2.45) is 5.92 Å². The number of halogens is 3. The summed E-state index contributed by atoms with van der Waals surface area (Å²) in [7, 11) is 1.88. The second-order valence-electron chi connectivity index (χ2n) is 5.25. The van der Waals surface area contributed by atoms with Crippen LogP contribution in [0.2, 0.25) is 0 Å². The highest BCUT2D eigenvalue weighted by atomic mass is 19.4. The first-order chi connectivity index (χ1) is 8.62. The molecule has 0 aliphatic heterocycles. The van der Waals surface area contributed by atoms with Crippen LogP contribution in [0.5, 0.6) is 5.75 Å². The molecule has 0 heterocycles. The summed E-state index contributed by atoms with van der Waals surface area (Å²) in [6.45, 7) is 6.59. The Morgan fingerprint density at radius 1 is 1.21 bits per heavy atom. The van der Waals surface area contributed by atoms with Gasteiger partial charge in [-0.25, -0.2) is 0 Å². The molecule has 0 aliphatic rings. The van der Waals surface area contributed by atoms with Gasteiger partial charge >= 0.3 is 6.18 Å². The van der Waals surface area contributed by atoms with Crippen LogP contribution in [-0.4, -0.2) is 23.1 Å². The molecule has 0 spiro atoms. The van der Waals surface area contributed by atoms with Crippen molar-refractivity contribution in [3.63, 3.8) is 0 Å². The highest BCUT2D eigenvalue weighted by Gasteiger charge is 2.34. The van der Waals surface area contributed by atoms with Gasteiger partial charge in [-0.15, -0.1) is 0 Å². The van der Waals surface area contributed by atoms with Crippen molar-refractivity contribution in [1.82, 2.24) is 4.90 Å². The third kappa shape index (κ3) is 4.13. The number of phenols is 1. The minimum atomic E-state index is -4.53. The third-order valence-corrected chi connectivity index (χ3v) is 3.46. The molecule has 1 rings (SSSR count). The van der Waals surface area contributed by atoms with E-state index in [1.807, 2.05) is 18.9 Å². The lowest BCUT2D eigenvalue weighted by atomic mass is 10.0. The van der Waals surface area contributed by atoms with E-state index in [4.69, 9.17) is 0 Å². The lowest BCUT2D eigenvalue weighted by molar-refractivity contribution is -0.138. The second kappa shape index (κ2) is 5.82. The van der Waals surface area contributed by atoms with Crippen molar-refractivity contribution in [2.75, 3.05) is 7.05 Å². The highest BCUT2D eigenvalue weighted by molar-refractivity contribution is 5.38. The second-order valence-corrected chi connectivity index (χ2v) is 5.25. The van der Waals surface area contributed by atoms with E-state index in [9.17, 15) is 18.3 Å². The molecule has 0 radical (unpaired) electrons. The number of phenolic OH excluding ortho intramolecular Hbond substituents is 1. The molecular formula is C14H20F3NO. The topological polar surface area (TPSA) is 23.5 Å². The van der Waals surface area contributed by atoms with Crippen LogP contribution in [-0.2, 0) is 12.7 Å². The van der Waals surface area contributed by atoms with Crippen LogP contribution in [0.1, 0.15) is 31.9 Å². The Labute approximate surface area is 111 Å². The maximum Gasteiger partial charge on any atom is 0.419 e. The van der Waals surface area contributed by atoms with Crippen molar-refractivity contribution in [1.29, 1.82) is 0 Å². The normalized spacial score (nSPS) is 14.2. The van der Waals surface area contributed by atoms with E-state index in [0.29, 0.717) is 18.0 Å². The first kappa shape index (κ1) is 15.8. The van der Waals surface area contributed by atoms with Gasteiger partial charge in [0, 0.05) is 12.6 Å². The molecule has 0 aromatic heterocycles. The van der Waals surface area contributed by atoms with Gasteiger partial charge in [0.25, 0.3) is 0 Å². The Morgan fingerprint density at radius 2 is 1.79 bits per heavy atom. The van der Waals surface area contributed by atoms with Crippen molar-refractivity contribution in [3.8, 4) is 5.75 Å². The maximum atomic E-state index is 12.7. The minimum Gasteiger partial charge on any atom is -0.507 e. The van der Waals surface area contributed by atoms with Gasteiger partial charge in [0.1, 0.15) is 5.75 Å². The summed E-state index contributed by atoms with van der Waals surface area (Å²) in [6, 6.07) is 3.90. The first-order valence-electron chi connectivity index (χ1n) is 6.22. The van der Waals surface area contributed by atoms with E-state index in [-0.39, 0.29) is 6.04 Å². The summed E-state index contributed by atoms with van der Waals surface area (Å²) in [6.07, 6.45) is -4.53. The molecular weight excluding hydrogens is 255 g/mol. The van der Waals surface area contributed by atoms with Crippen LogP contribution in [0.4, 0.5) is 13.2 Å². The maximum absolute atomic E-state index is 12.7. The van der Waals surface area contributed by atoms with E-state index in [1.165, 1.54) is 6.07 Å². The summed E-state index contributed by atoms with van der Waals surface area (Å²) < 4.78 is 38.0. The molecule has 0 aliphatic carbocycles. The minimum absolute atomic E-state index is 0.267. The summed E-state index contributed by atoms with van der Waals surface area (Å²) in [5.41, 5.74) is -0.435. The van der Waals surface area contributed by atoms with E-state index in [1.54, 1.807) is 0 Å². The molecule has 0 saturated heterocycles. The van der Waals surface area contributed by atoms with Gasteiger partial charge < -0.3 is 5.11 Å². The molecule has 2 nitrogen and oxygen atoms in total. The average molecular weight is 275 g/mol. The predicted molar refractivity (Wildman–Crippen MR) is 68.9 cm³/mol. The Hall–Kier alpha value is -1.23. The lowest BCUT2D eigenvalue weighted by Gasteiger charge is -2.28. The zero-order chi connectivity index (χ0) is 14.8. The van der Waals surface area contributed by atoms with Gasteiger partial charge in [-0.1, -0.05) is 19.9 Å². The fourth-order valence-electron chi connectivity index (χ4n) is 1.85. The van der Waals surface area contributed by atoms with Gasteiger partial charge in [-0.2, -0.15) is 13.2 Å². The number of rotatable bonds is 4. The molecule has 19 heavy (non-hydrogen) atoms. The van der Waals surface area contributed by atoms with Crippen LogP contribution < -0.4 is 0 Å². The number of nitrogens with zero attached hydrogens (tertiary/aromatic N) is 1. The SMILES string of the molecule is CC(C)C(C)N(C)Cc1ccc(O)c(C(F)(F)F)c1. The van der Waals surface area contributed by atoms with Crippen molar-refractivity contribution in [3.05, 3.63) is 29.3 Å². The molecule has 0 saturated carbocycles. The van der Waals surface area contributed by atoms with E-state index < -0.39 is 17.5 Å². The third-order valence-electron chi connectivity index (χ3n) is 3.46. The fourth-order valence-corrected chi connectivity index (χ4v) is 1.85. The summed E-state index contributed by atoms with van der Waals surface area (Å²) in [5.74, 6) is -0.306. The number of alkyl halides is 3. The number of benzene rings is 1. The zero-order valence-electron chi connectivity index (χ0n) is 11.6. The van der Waals surface area contributed by atoms with Crippen LogP contribution >= 0.6 is 0 Å². The van der Waals surface area contributed by atoms with Gasteiger partial charge in [0.2, 0.25) is 0 Å². The van der Waals surface area contributed by atoms with Crippen molar-refractivity contribution in [2.45, 2.75) is 39.5 Å². The molecule has 5 heteroatoms. The monoisotopic (exact) mass is 275 g/mol. The van der Waals surface area contributed by atoms with Gasteiger partial charge in [-0.3, -0.25) is 4.90 Å². The Balaban J connectivity index is 2.92. The average Bonchev–Trinajstić information content (AvgIpc) is 2.28. The van der Waals surface area contributed by atoms with Crippen LogP contribution in [0.3, 0.4) is 0 Å². The molecule has 1 aromatic rings. The van der Waals surface area contributed by atoms with Crippen LogP contribution in [0, 0.1) is 5.92 Å². The summed E-state index contributed by atoms with van der Waals surface area (Å²) in [5, 5.41) is 9.27. The first-order valence-corrected chi connectivity index (χ1v) is 6.22. The standard InChI is InChI=1S/C14H20F3NO/c1-9(2)10(3)18(4)8-11-5-6-13(19)12(7-11)14(15,16)17/h5-7,9-10,19H,8H2,1-4H3. The molecule has 1 unspecified atom stereocenters. The van der Waals surface area contributed by atoms with E-state index >= 15 is 0 Å². The number of aromatic hydroxyl groups is 1.